The molecule has 1 aliphatic rings. The molecule has 1 heterocycles. The average molecular weight is 277 g/mol. The van der Waals surface area contributed by atoms with Gasteiger partial charge in [-0.2, -0.15) is 0 Å². The second kappa shape index (κ2) is 7.29. The molecule has 1 saturated heterocycles. The molecule has 20 heavy (non-hydrogen) atoms. The van der Waals surface area contributed by atoms with Crippen LogP contribution in [0.4, 0.5) is 0 Å². The third-order valence-electron chi connectivity index (χ3n) is 3.78. The Labute approximate surface area is 120 Å². The van der Waals surface area contributed by atoms with Gasteiger partial charge in [0, 0.05) is 13.2 Å². The molecule has 1 fully saturated rings. The van der Waals surface area contributed by atoms with Crippen LogP contribution in [0.5, 0.6) is 5.75 Å². The van der Waals surface area contributed by atoms with E-state index in [4.69, 9.17) is 9.47 Å². The molecule has 1 aromatic rings. The van der Waals surface area contributed by atoms with E-state index in [2.05, 4.69) is 24.4 Å². The molecule has 4 heteroatoms. The van der Waals surface area contributed by atoms with E-state index in [-0.39, 0.29) is 12.0 Å². The van der Waals surface area contributed by atoms with Gasteiger partial charge in [-0.15, -0.1) is 0 Å². The van der Waals surface area contributed by atoms with Crippen molar-refractivity contribution >= 4 is 5.91 Å². The highest BCUT2D eigenvalue weighted by Crippen LogP contribution is 2.21. The predicted octanol–water partition coefficient (Wildman–Crippen LogP) is 2.48. The van der Waals surface area contributed by atoms with E-state index in [9.17, 15) is 4.79 Å². The second-order valence-corrected chi connectivity index (χ2v) is 5.26. The number of rotatable bonds is 6. The molecule has 0 spiro atoms. The molecule has 1 N–H and O–H groups in total. The van der Waals surface area contributed by atoms with Gasteiger partial charge < -0.3 is 14.8 Å². The number of amides is 1. The summed E-state index contributed by atoms with van der Waals surface area (Å²) in [6.07, 6.45) is 2.52. The molecule has 1 aromatic carbocycles. The smallest absolute Gasteiger partial charge is 0.249 e. The van der Waals surface area contributed by atoms with Crippen molar-refractivity contribution in [3.05, 3.63) is 29.8 Å². The third kappa shape index (κ3) is 3.97. The molecular formula is C16H23NO3. The monoisotopic (exact) mass is 277 g/mol. The van der Waals surface area contributed by atoms with Crippen LogP contribution in [0, 0.1) is 0 Å². The summed E-state index contributed by atoms with van der Waals surface area (Å²) in [6, 6.07) is 8.09. The van der Waals surface area contributed by atoms with E-state index < -0.39 is 0 Å². The lowest BCUT2D eigenvalue weighted by atomic mass is 9.98. The van der Waals surface area contributed by atoms with Crippen molar-refractivity contribution in [1.29, 1.82) is 0 Å². The number of carbonyl (C=O) groups excluding carboxylic acids is 1. The fourth-order valence-corrected chi connectivity index (χ4v) is 2.41. The van der Waals surface area contributed by atoms with Crippen LogP contribution in [0.1, 0.15) is 37.7 Å². The molecule has 1 aliphatic heterocycles. The van der Waals surface area contributed by atoms with Gasteiger partial charge in [0.1, 0.15) is 11.9 Å². The van der Waals surface area contributed by atoms with Crippen molar-refractivity contribution in [3.63, 3.8) is 0 Å². The fraction of sp³-hybridized carbons (Fsp3) is 0.562. The Hall–Kier alpha value is -1.55. The number of ether oxygens (including phenoxy) is 2. The van der Waals surface area contributed by atoms with Crippen LogP contribution >= 0.6 is 0 Å². The van der Waals surface area contributed by atoms with E-state index in [1.807, 2.05) is 12.1 Å². The van der Waals surface area contributed by atoms with E-state index in [1.165, 1.54) is 5.56 Å². The lowest BCUT2D eigenvalue weighted by molar-refractivity contribution is -0.130. The Morgan fingerprint density at radius 1 is 1.45 bits per heavy atom. The molecule has 2 rings (SSSR count). The lowest BCUT2D eigenvalue weighted by Gasteiger charge is -2.14. The zero-order valence-corrected chi connectivity index (χ0v) is 12.2. The molecule has 0 bridgehead atoms. The first-order valence-electron chi connectivity index (χ1n) is 7.24. The Morgan fingerprint density at radius 2 is 2.20 bits per heavy atom. The normalized spacial score (nSPS) is 19.6. The molecule has 0 aromatic heterocycles. The van der Waals surface area contributed by atoms with Crippen LogP contribution in [0.3, 0.4) is 0 Å². The minimum Gasteiger partial charge on any atom is -0.497 e. The topological polar surface area (TPSA) is 47.6 Å². The maximum Gasteiger partial charge on any atom is 0.249 e. The van der Waals surface area contributed by atoms with Gasteiger partial charge in [0.2, 0.25) is 5.91 Å². The molecule has 110 valence electrons. The maximum absolute atomic E-state index is 11.8. The largest absolute Gasteiger partial charge is 0.497 e. The van der Waals surface area contributed by atoms with Crippen LogP contribution in [0.2, 0.25) is 0 Å². The van der Waals surface area contributed by atoms with Gasteiger partial charge in [0.05, 0.1) is 7.11 Å². The van der Waals surface area contributed by atoms with Crippen LogP contribution in [0.25, 0.3) is 0 Å². The SMILES string of the molecule is COc1ccc([C@@H](C)CCNC(=O)[C@H]2CCCO2)cc1. The molecule has 1 amide bonds. The average Bonchev–Trinajstić information content (AvgIpc) is 3.01. The summed E-state index contributed by atoms with van der Waals surface area (Å²) >= 11 is 0. The molecule has 0 saturated carbocycles. The van der Waals surface area contributed by atoms with Crippen molar-refractivity contribution in [2.45, 2.75) is 38.2 Å². The summed E-state index contributed by atoms with van der Waals surface area (Å²) in [5.74, 6) is 1.31. The minimum atomic E-state index is -0.230. The van der Waals surface area contributed by atoms with Gasteiger partial charge in [-0.3, -0.25) is 4.79 Å². The number of hydrogen-bond donors (Lipinski definition) is 1. The van der Waals surface area contributed by atoms with Crippen LogP contribution in [-0.4, -0.2) is 32.3 Å². The van der Waals surface area contributed by atoms with Crippen molar-refractivity contribution in [3.8, 4) is 5.75 Å². The minimum absolute atomic E-state index is 0.0319. The first-order valence-corrected chi connectivity index (χ1v) is 7.24. The summed E-state index contributed by atoms with van der Waals surface area (Å²) in [7, 11) is 1.67. The molecule has 0 aliphatic carbocycles. The highest BCUT2D eigenvalue weighted by atomic mass is 16.5. The summed E-state index contributed by atoms with van der Waals surface area (Å²) in [5.41, 5.74) is 1.26. The summed E-state index contributed by atoms with van der Waals surface area (Å²) in [4.78, 5) is 11.8. The Kier molecular flexibility index (Phi) is 5.41. The number of nitrogens with one attached hydrogen (secondary N) is 1. The Balaban J connectivity index is 1.73. The van der Waals surface area contributed by atoms with Gasteiger partial charge >= 0.3 is 0 Å². The quantitative estimate of drug-likeness (QED) is 0.869. The van der Waals surface area contributed by atoms with Crippen LogP contribution in [0.15, 0.2) is 24.3 Å². The molecular weight excluding hydrogens is 254 g/mol. The maximum atomic E-state index is 11.8. The summed E-state index contributed by atoms with van der Waals surface area (Å²) < 4.78 is 10.5. The third-order valence-corrected chi connectivity index (χ3v) is 3.78. The Morgan fingerprint density at radius 3 is 2.80 bits per heavy atom. The van der Waals surface area contributed by atoms with E-state index in [1.54, 1.807) is 7.11 Å². The van der Waals surface area contributed by atoms with E-state index in [0.717, 1.165) is 25.0 Å². The van der Waals surface area contributed by atoms with Gasteiger partial charge in [0.25, 0.3) is 0 Å². The highest BCUT2D eigenvalue weighted by Gasteiger charge is 2.23. The summed E-state index contributed by atoms with van der Waals surface area (Å²) in [5, 5.41) is 2.96. The van der Waals surface area contributed by atoms with E-state index in [0.29, 0.717) is 19.1 Å². The lowest BCUT2D eigenvalue weighted by Crippen LogP contribution is -2.35. The predicted molar refractivity (Wildman–Crippen MR) is 78.0 cm³/mol. The van der Waals surface area contributed by atoms with Gasteiger partial charge in [-0.1, -0.05) is 19.1 Å². The molecule has 2 atom stereocenters. The number of benzene rings is 1. The van der Waals surface area contributed by atoms with Crippen molar-refractivity contribution < 1.29 is 14.3 Å². The van der Waals surface area contributed by atoms with Gasteiger partial charge in [0.15, 0.2) is 0 Å². The van der Waals surface area contributed by atoms with Crippen molar-refractivity contribution in [1.82, 2.24) is 5.32 Å². The van der Waals surface area contributed by atoms with Crippen molar-refractivity contribution in [2.24, 2.45) is 0 Å². The first kappa shape index (κ1) is 14.9. The Bertz CT molecular complexity index is 424. The number of carbonyl (C=O) groups is 1. The van der Waals surface area contributed by atoms with Gasteiger partial charge in [-0.25, -0.2) is 0 Å². The second-order valence-electron chi connectivity index (χ2n) is 5.26. The van der Waals surface area contributed by atoms with Crippen LogP contribution < -0.4 is 10.1 Å². The van der Waals surface area contributed by atoms with Gasteiger partial charge in [-0.05, 0) is 42.9 Å². The number of methoxy groups -OCH3 is 1. The fourth-order valence-electron chi connectivity index (χ4n) is 2.41. The van der Waals surface area contributed by atoms with Crippen molar-refractivity contribution in [2.75, 3.05) is 20.3 Å². The number of hydrogen-bond acceptors (Lipinski definition) is 3. The van der Waals surface area contributed by atoms with Crippen LogP contribution in [-0.2, 0) is 9.53 Å². The standard InChI is InChI=1S/C16H23NO3/c1-12(13-5-7-14(19-2)8-6-13)9-10-17-16(18)15-4-3-11-20-15/h5-8,12,15H,3-4,9-11H2,1-2H3,(H,17,18)/t12-,15+/m0/s1. The van der Waals surface area contributed by atoms with E-state index >= 15 is 0 Å². The molecule has 4 nitrogen and oxygen atoms in total. The highest BCUT2D eigenvalue weighted by molar-refractivity contribution is 5.80. The zero-order valence-electron chi connectivity index (χ0n) is 12.2. The molecule has 0 unspecified atom stereocenters. The molecule has 0 radical (unpaired) electrons. The first-order chi connectivity index (χ1) is 9.70. The summed E-state index contributed by atoms with van der Waals surface area (Å²) in [6.45, 7) is 3.56. The zero-order chi connectivity index (χ0) is 14.4.